The zero-order chi connectivity index (χ0) is 23.8. The van der Waals surface area contributed by atoms with E-state index >= 15 is 4.39 Å². The number of carbonyl (C=O) groups excluding carboxylic acids is 4. The molecule has 5 rings (SSSR count). The summed E-state index contributed by atoms with van der Waals surface area (Å²) in [6.07, 6.45) is 7.07. The van der Waals surface area contributed by atoms with Crippen molar-refractivity contribution >= 4 is 29.7 Å². The van der Waals surface area contributed by atoms with Crippen molar-refractivity contribution in [2.75, 3.05) is 18.0 Å². The number of aldehydes is 1. The molecule has 4 aliphatic rings. The number of benzene rings is 1. The molecule has 1 N–H and O–H groups in total. The van der Waals surface area contributed by atoms with Gasteiger partial charge in [0.05, 0.1) is 17.9 Å². The van der Waals surface area contributed by atoms with Crippen molar-refractivity contribution in [2.45, 2.75) is 76.2 Å². The lowest BCUT2D eigenvalue weighted by Crippen LogP contribution is -2.52. The Hall–Kier alpha value is -2.81. The van der Waals surface area contributed by atoms with Crippen LogP contribution in [0.25, 0.3) is 0 Å². The second-order valence-electron chi connectivity index (χ2n) is 9.86. The number of nitrogens with one attached hydrogen (secondary N) is 1. The van der Waals surface area contributed by atoms with Gasteiger partial charge in [-0.15, -0.1) is 0 Å². The molecule has 2 saturated heterocycles. The molecule has 0 radical (unpaired) electrons. The van der Waals surface area contributed by atoms with Crippen LogP contribution in [0.2, 0.25) is 0 Å². The van der Waals surface area contributed by atoms with Gasteiger partial charge in [0.2, 0.25) is 11.8 Å². The second-order valence-corrected chi connectivity index (χ2v) is 9.86. The molecule has 0 aromatic heterocycles. The van der Waals surface area contributed by atoms with Crippen molar-refractivity contribution in [1.82, 2.24) is 10.2 Å². The van der Waals surface area contributed by atoms with E-state index in [4.69, 9.17) is 4.74 Å². The Morgan fingerprint density at radius 1 is 0.971 bits per heavy atom. The molecule has 3 fully saturated rings. The number of fused-ring (bicyclic) bond motifs is 1. The standard InChI is InChI=1S/C25H30FN3O5/c26-20-12-19-16(13-29(25(19)33)21-5-6-23(31)27-24(21)32)11-22(20)28-9-7-18(8-10-28)34-17-3-1-15(14-30)2-4-17/h11-12,14-15,17-18,21H,1-10,13H2,(H,27,31,32)/t15-,17-,21?. The highest BCUT2D eigenvalue weighted by Crippen LogP contribution is 2.34. The monoisotopic (exact) mass is 471 g/mol. The van der Waals surface area contributed by atoms with E-state index in [1.807, 2.05) is 4.90 Å². The lowest BCUT2D eigenvalue weighted by atomic mass is 9.88. The van der Waals surface area contributed by atoms with Gasteiger partial charge in [-0.1, -0.05) is 0 Å². The number of nitrogens with zero attached hydrogens (tertiary/aromatic N) is 2. The smallest absolute Gasteiger partial charge is 0.255 e. The molecule has 1 aliphatic carbocycles. The first-order chi connectivity index (χ1) is 16.4. The molecule has 0 spiro atoms. The minimum absolute atomic E-state index is 0.135. The van der Waals surface area contributed by atoms with E-state index in [2.05, 4.69) is 5.32 Å². The zero-order valence-corrected chi connectivity index (χ0v) is 19.1. The van der Waals surface area contributed by atoms with Crippen LogP contribution in [0.15, 0.2) is 12.1 Å². The van der Waals surface area contributed by atoms with Crippen LogP contribution in [0.5, 0.6) is 0 Å². The van der Waals surface area contributed by atoms with Crippen molar-refractivity contribution in [2.24, 2.45) is 5.92 Å². The highest BCUT2D eigenvalue weighted by Gasteiger charge is 2.40. The number of ether oxygens (including phenoxy) is 1. The molecule has 1 aromatic carbocycles. The van der Waals surface area contributed by atoms with Gasteiger partial charge in [0.15, 0.2) is 0 Å². The number of piperidine rings is 2. The summed E-state index contributed by atoms with van der Waals surface area (Å²) in [4.78, 5) is 50.9. The summed E-state index contributed by atoms with van der Waals surface area (Å²) in [5, 5.41) is 2.28. The average molecular weight is 472 g/mol. The molecule has 3 heterocycles. The topological polar surface area (TPSA) is 96.0 Å². The SMILES string of the molecule is O=C[C@H]1CC[C@H](OC2CCN(c3cc4c(cc3F)C(=O)N(C3CCC(=O)NC3=O)C4)CC2)CC1. The zero-order valence-electron chi connectivity index (χ0n) is 19.1. The largest absolute Gasteiger partial charge is 0.375 e. The minimum Gasteiger partial charge on any atom is -0.375 e. The predicted molar refractivity (Wildman–Crippen MR) is 121 cm³/mol. The molecule has 1 atom stereocenters. The van der Waals surface area contributed by atoms with E-state index in [-0.39, 0.29) is 54.9 Å². The summed E-state index contributed by atoms with van der Waals surface area (Å²) in [7, 11) is 0. The third kappa shape index (κ3) is 4.45. The van der Waals surface area contributed by atoms with Crippen molar-refractivity contribution < 1.29 is 28.3 Å². The number of hydrogen-bond acceptors (Lipinski definition) is 6. The first-order valence-electron chi connectivity index (χ1n) is 12.3. The third-order valence-electron chi connectivity index (χ3n) is 7.67. The maximum Gasteiger partial charge on any atom is 0.255 e. The van der Waals surface area contributed by atoms with Crippen LogP contribution in [0.3, 0.4) is 0 Å². The number of rotatable bonds is 5. The Labute approximate surface area is 197 Å². The van der Waals surface area contributed by atoms with E-state index in [1.165, 1.54) is 11.0 Å². The number of anilines is 1. The van der Waals surface area contributed by atoms with Gasteiger partial charge < -0.3 is 19.3 Å². The summed E-state index contributed by atoms with van der Waals surface area (Å²) in [5.74, 6) is -1.45. The fourth-order valence-electron chi connectivity index (χ4n) is 5.68. The summed E-state index contributed by atoms with van der Waals surface area (Å²) in [5.41, 5.74) is 1.47. The maximum atomic E-state index is 15.0. The second kappa shape index (κ2) is 9.44. The van der Waals surface area contributed by atoms with Crippen LogP contribution < -0.4 is 10.2 Å². The van der Waals surface area contributed by atoms with E-state index in [0.717, 1.165) is 44.8 Å². The van der Waals surface area contributed by atoms with Gasteiger partial charge in [-0.05, 0) is 62.6 Å². The van der Waals surface area contributed by atoms with Crippen LogP contribution in [-0.2, 0) is 25.7 Å². The summed E-state index contributed by atoms with van der Waals surface area (Å²) < 4.78 is 21.3. The highest BCUT2D eigenvalue weighted by molar-refractivity contribution is 6.05. The van der Waals surface area contributed by atoms with E-state index in [9.17, 15) is 19.2 Å². The average Bonchev–Trinajstić information content (AvgIpc) is 3.15. The van der Waals surface area contributed by atoms with Gasteiger partial charge in [-0.2, -0.15) is 0 Å². The quantitative estimate of drug-likeness (QED) is 0.523. The molecule has 9 heteroatoms. The normalized spacial score (nSPS) is 28.1. The molecule has 1 saturated carbocycles. The Morgan fingerprint density at radius 2 is 1.68 bits per heavy atom. The van der Waals surface area contributed by atoms with Crippen molar-refractivity contribution in [3.05, 3.63) is 29.1 Å². The number of imide groups is 1. The predicted octanol–water partition coefficient (Wildman–Crippen LogP) is 2.33. The van der Waals surface area contributed by atoms with E-state index in [1.54, 1.807) is 6.07 Å². The first-order valence-corrected chi connectivity index (χ1v) is 12.3. The Kier molecular flexibility index (Phi) is 6.38. The maximum absolute atomic E-state index is 15.0. The Balaban J connectivity index is 1.21. The van der Waals surface area contributed by atoms with Gasteiger partial charge in [-0.25, -0.2) is 4.39 Å². The first kappa shape index (κ1) is 23.0. The number of halogens is 1. The lowest BCUT2D eigenvalue weighted by Gasteiger charge is -2.36. The van der Waals surface area contributed by atoms with Gasteiger partial charge in [0, 0.05) is 37.5 Å². The Bertz CT molecular complexity index is 999. The fraction of sp³-hybridized carbons (Fsp3) is 0.600. The number of amides is 3. The number of hydrogen-bond donors (Lipinski definition) is 1. The van der Waals surface area contributed by atoms with Crippen LogP contribution in [0.1, 0.15) is 67.3 Å². The summed E-state index contributed by atoms with van der Waals surface area (Å²) in [6, 6.07) is 2.31. The minimum atomic E-state index is -0.710. The molecule has 34 heavy (non-hydrogen) atoms. The van der Waals surface area contributed by atoms with E-state index < -0.39 is 17.8 Å². The number of carbonyl (C=O) groups is 4. The third-order valence-corrected chi connectivity index (χ3v) is 7.67. The molecule has 1 aromatic rings. The Morgan fingerprint density at radius 3 is 2.35 bits per heavy atom. The molecule has 3 aliphatic heterocycles. The van der Waals surface area contributed by atoms with Crippen LogP contribution in [0, 0.1) is 11.7 Å². The lowest BCUT2D eigenvalue weighted by molar-refractivity contribution is -0.137. The fourth-order valence-corrected chi connectivity index (χ4v) is 5.68. The molecule has 1 unspecified atom stereocenters. The summed E-state index contributed by atoms with van der Waals surface area (Å²) in [6.45, 7) is 1.56. The van der Waals surface area contributed by atoms with Gasteiger partial charge in [0.1, 0.15) is 18.1 Å². The molecule has 182 valence electrons. The van der Waals surface area contributed by atoms with Crippen LogP contribution in [0.4, 0.5) is 10.1 Å². The van der Waals surface area contributed by atoms with Gasteiger partial charge in [0.25, 0.3) is 5.91 Å². The van der Waals surface area contributed by atoms with Crippen molar-refractivity contribution in [3.8, 4) is 0 Å². The van der Waals surface area contributed by atoms with Crippen molar-refractivity contribution in [3.63, 3.8) is 0 Å². The van der Waals surface area contributed by atoms with Gasteiger partial charge >= 0.3 is 0 Å². The molecule has 8 nitrogen and oxygen atoms in total. The molecular weight excluding hydrogens is 441 g/mol. The summed E-state index contributed by atoms with van der Waals surface area (Å²) >= 11 is 0. The molecular formula is C25H30FN3O5. The van der Waals surface area contributed by atoms with E-state index in [0.29, 0.717) is 24.3 Å². The highest BCUT2D eigenvalue weighted by atomic mass is 19.1. The molecule has 0 bridgehead atoms. The molecule has 3 amide bonds. The van der Waals surface area contributed by atoms with Crippen LogP contribution >= 0.6 is 0 Å². The van der Waals surface area contributed by atoms with Crippen molar-refractivity contribution in [1.29, 1.82) is 0 Å². The van der Waals surface area contributed by atoms with Crippen LogP contribution in [-0.4, -0.2) is 60.2 Å². The van der Waals surface area contributed by atoms with Gasteiger partial charge in [-0.3, -0.25) is 19.7 Å².